The molecule has 0 spiro atoms. The topological polar surface area (TPSA) is 47.4 Å². The van der Waals surface area contributed by atoms with Gasteiger partial charge in [0.2, 0.25) is 0 Å². The summed E-state index contributed by atoms with van der Waals surface area (Å²) < 4.78 is 7.80. The van der Waals surface area contributed by atoms with Crippen molar-refractivity contribution >= 4 is 5.91 Å². The summed E-state index contributed by atoms with van der Waals surface area (Å²) in [5.74, 6) is 2.42. The molecule has 0 bridgehead atoms. The van der Waals surface area contributed by atoms with Gasteiger partial charge >= 0.3 is 0 Å². The Bertz CT molecular complexity index is 687. The smallest absolute Gasteiger partial charge is 0.257 e. The van der Waals surface area contributed by atoms with Crippen LogP contribution in [0.3, 0.4) is 0 Å². The Hall–Kier alpha value is -2.30. The number of likely N-dealkylation sites (tertiary alicyclic amines) is 1. The van der Waals surface area contributed by atoms with Crippen molar-refractivity contribution in [3.05, 3.63) is 48.0 Å². The fourth-order valence-electron chi connectivity index (χ4n) is 3.29. The molecular weight excluding hydrogens is 302 g/mol. The molecule has 1 aliphatic rings. The van der Waals surface area contributed by atoms with Gasteiger partial charge in [-0.2, -0.15) is 0 Å². The summed E-state index contributed by atoms with van der Waals surface area (Å²) in [6.07, 6.45) is 5.93. The van der Waals surface area contributed by atoms with Gasteiger partial charge < -0.3 is 14.2 Å². The van der Waals surface area contributed by atoms with Crippen LogP contribution in [0.2, 0.25) is 0 Å². The van der Waals surface area contributed by atoms with E-state index >= 15 is 0 Å². The highest BCUT2D eigenvalue weighted by Gasteiger charge is 2.25. The van der Waals surface area contributed by atoms with Crippen LogP contribution in [-0.2, 0) is 6.54 Å². The van der Waals surface area contributed by atoms with Crippen LogP contribution >= 0.6 is 0 Å². The molecule has 2 heterocycles. The average molecular weight is 327 g/mol. The molecule has 0 atom stereocenters. The molecule has 1 amide bonds. The third-order valence-electron chi connectivity index (χ3n) is 4.70. The first kappa shape index (κ1) is 16.6. The van der Waals surface area contributed by atoms with E-state index in [1.54, 1.807) is 0 Å². The standard InChI is InChI=1S/C19H25N3O2/c1-3-24-18-7-5-4-6-17(18)19(23)21-11-8-16(9-12-21)14-22-13-10-20-15(22)2/h4-7,10,13,16H,3,8-9,11-12,14H2,1-2H3. The Kier molecular flexibility index (Phi) is 5.18. The number of piperidine rings is 1. The predicted molar refractivity (Wildman–Crippen MR) is 93.2 cm³/mol. The molecule has 128 valence electrons. The fourth-order valence-corrected chi connectivity index (χ4v) is 3.29. The van der Waals surface area contributed by atoms with Crippen molar-refractivity contribution in [3.63, 3.8) is 0 Å². The molecule has 2 aromatic rings. The number of nitrogens with zero attached hydrogens (tertiary/aromatic N) is 3. The van der Waals surface area contributed by atoms with E-state index in [0.717, 1.165) is 38.3 Å². The number of hydrogen-bond donors (Lipinski definition) is 0. The second kappa shape index (κ2) is 7.51. The van der Waals surface area contributed by atoms with Crippen molar-refractivity contribution in [2.24, 2.45) is 5.92 Å². The first-order chi connectivity index (χ1) is 11.7. The Morgan fingerprint density at radius 2 is 2.04 bits per heavy atom. The molecule has 0 radical (unpaired) electrons. The highest BCUT2D eigenvalue weighted by Crippen LogP contribution is 2.24. The van der Waals surface area contributed by atoms with Crippen LogP contribution in [0, 0.1) is 12.8 Å². The van der Waals surface area contributed by atoms with E-state index in [2.05, 4.69) is 9.55 Å². The monoisotopic (exact) mass is 327 g/mol. The summed E-state index contributed by atoms with van der Waals surface area (Å²) in [7, 11) is 0. The molecule has 0 N–H and O–H groups in total. The number of para-hydroxylation sites is 1. The van der Waals surface area contributed by atoms with Gasteiger partial charge in [0.05, 0.1) is 12.2 Å². The third kappa shape index (κ3) is 3.61. The number of aryl methyl sites for hydroxylation is 1. The lowest BCUT2D eigenvalue weighted by Gasteiger charge is -2.32. The molecule has 1 saturated heterocycles. The lowest BCUT2D eigenvalue weighted by Crippen LogP contribution is -2.39. The normalized spacial score (nSPS) is 15.5. The summed E-state index contributed by atoms with van der Waals surface area (Å²) in [5, 5.41) is 0. The SMILES string of the molecule is CCOc1ccccc1C(=O)N1CCC(Cn2ccnc2C)CC1. The summed E-state index contributed by atoms with van der Waals surface area (Å²) in [6.45, 7) is 7.13. The molecule has 3 rings (SSSR count). The van der Waals surface area contributed by atoms with E-state index < -0.39 is 0 Å². The van der Waals surface area contributed by atoms with Crippen LogP contribution in [0.5, 0.6) is 5.75 Å². The minimum absolute atomic E-state index is 0.0799. The molecule has 1 aromatic carbocycles. The zero-order valence-corrected chi connectivity index (χ0v) is 14.4. The Morgan fingerprint density at radius 3 is 2.71 bits per heavy atom. The van der Waals surface area contributed by atoms with Gasteiger partial charge in [-0.3, -0.25) is 4.79 Å². The second-order valence-corrected chi connectivity index (χ2v) is 6.29. The Morgan fingerprint density at radius 1 is 1.29 bits per heavy atom. The van der Waals surface area contributed by atoms with Gasteiger partial charge in [0.15, 0.2) is 0 Å². The molecule has 1 fully saturated rings. The van der Waals surface area contributed by atoms with E-state index in [4.69, 9.17) is 4.74 Å². The van der Waals surface area contributed by atoms with Gasteiger partial charge in [-0.25, -0.2) is 4.98 Å². The number of carbonyl (C=O) groups is 1. The van der Waals surface area contributed by atoms with Crippen molar-refractivity contribution in [2.45, 2.75) is 33.2 Å². The molecule has 5 heteroatoms. The predicted octanol–water partition coefficient (Wildman–Crippen LogP) is 3.14. The fraction of sp³-hybridized carbons (Fsp3) is 0.474. The molecule has 1 aromatic heterocycles. The number of aromatic nitrogens is 2. The summed E-state index contributed by atoms with van der Waals surface area (Å²) in [4.78, 5) is 19.0. The number of amides is 1. The summed E-state index contributed by atoms with van der Waals surface area (Å²) in [5.41, 5.74) is 0.670. The minimum atomic E-state index is 0.0799. The molecular formula is C19H25N3O2. The lowest BCUT2D eigenvalue weighted by molar-refractivity contribution is 0.0678. The van der Waals surface area contributed by atoms with Gasteiger partial charge in [0, 0.05) is 32.0 Å². The van der Waals surface area contributed by atoms with E-state index in [9.17, 15) is 4.79 Å². The van der Waals surface area contributed by atoms with Gasteiger partial charge in [-0.15, -0.1) is 0 Å². The largest absolute Gasteiger partial charge is 0.493 e. The molecule has 1 aliphatic heterocycles. The van der Waals surface area contributed by atoms with Crippen molar-refractivity contribution in [1.82, 2.24) is 14.5 Å². The van der Waals surface area contributed by atoms with Crippen LogP contribution in [0.15, 0.2) is 36.7 Å². The van der Waals surface area contributed by atoms with Crippen molar-refractivity contribution in [1.29, 1.82) is 0 Å². The van der Waals surface area contributed by atoms with Crippen molar-refractivity contribution in [3.8, 4) is 5.75 Å². The zero-order chi connectivity index (χ0) is 16.9. The number of rotatable bonds is 5. The maximum absolute atomic E-state index is 12.8. The quantitative estimate of drug-likeness (QED) is 0.847. The number of imidazole rings is 1. The number of ether oxygens (including phenoxy) is 1. The van der Waals surface area contributed by atoms with Gasteiger partial charge in [-0.05, 0) is 44.7 Å². The van der Waals surface area contributed by atoms with Crippen molar-refractivity contribution in [2.75, 3.05) is 19.7 Å². The maximum Gasteiger partial charge on any atom is 0.257 e. The average Bonchev–Trinajstić information content (AvgIpc) is 3.01. The number of carbonyl (C=O) groups excluding carboxylic acids is 1. The van der Waals surface area contributed by atoms with Gasteiger partial charge in [0.25, 0.3) is 5.91 Å². The van der Waals surface area contributed by atoms with E-state index in [1.807, 2.05) is 55.4 Å². The van der Waals surface area contributed by atoms with Crippen LogP contribution in [-0.4, -0.2) is 40.1 Å². The molecule has 24 heavy (non-hydrogen) atoms. The van der Waals surface area contributed by atoms with Crippen molar-refractivity contribution < 1.29 is 9.53 Å². The summed E-state index contributed by atoms with van der Waals surface area (Å²) >= 11 is 0. The van der Waals surface area contributed by atoms with Crippen LogP contribution < -0.4 is 4.74 Å². The maximum atomic E-state index is 12.8. The first-order valence-electron chi connectivity index (χ1n) is 8.68. The molecule has 0 unspecified atom stereocenters. The third-order valence-corrected chi connectivity index (χ3v) is 4.70. The van der Waals surface area contributed by atoms with E-state index in [0.29, 0.717) is 23.8 Å². The first-order valence-corrected chi connectivity index (χ1v) is 8.68. The molecule has 5 nitrogen and oxygen atoms in total. The Labute approximate surface area is 143 Å². The number of benzene rings is 1. The summed E-state index contributed by atoms with van der Waals surface area (Å²) in [6, 6.07) is 7.52. The molecule has 0 aliphatic carbocycles. The highest BCUT2D eigenvalue weighted by molar-refractivity contribution is 5.97. The van der Waals surface area contributed by atoms with Gasteiger partial charge in [0.1, 0.15) is 11.6 Å². The zero-order valence-electron chi connectivity index (χ0n) is 14.4. The lowest BCUT2D eigenvalue weighted by atomic mass is 9.96. The van der Waals surface area contributed by atoms with Crippen LogP contribution in [0.25, 0.3) is 0 Å². The number of hydrogen-bond acceptors (Lipinski definition) is 3. The minimum Gasteiger partial charge on any atom is -0.493 e. The van der Waals surface area contributed by atoms with Crippen LogP contribution in [0.4, 0.5) is 0 Å². The highest BCUT2D eigenvalue weighted by atomic mass is 16.5. The van der Waals surface area contributed by atoms with E-state index in [-0.39, 0.29) is 5.91 Å². The van der Waals surface area contributed by atoms with Gasteiger partial charge in [-0.1, -0.05) is 12.1 Å². The molecule has 0 saturated carbocycles. The second-order valence-electron chi connectivity index (χ2n) is 6.29. The Balaban J connectivity index is 1.60. The van der Waals surface area contributed by atoms with E-state index in [1.165, 1.54) is 0 Å². The van der Waals surface area contributed by atoms with Crippen LogP contribution in [0.1, 0.15) is 35.9 Å².